The van der Waals surface area contributed by atoms with Crippen molar-refractivity contribution in [1.29, 1.82) is 0 Å². The summed E-state index contributed by atoms with van der Waals surface area (Å²) in [5.41, 5.74) is 2.37. The van der Waals surface area contributed by atoms with Crippen molar-refractivity contribution in [2.75, 3.05) is 6.61 Å². The third-order valence-electron chi connectivity index (χ3n) is 3.62. The zero-order valence-electron chi connectivity index (χ0n) is 13.5. The zero-order valence-corrected chi connectivity index (χ0v) is 15.1. The molecule has 2 aromatic carbocycles. The Morgan fingerprint density at radius 2 is 1.96 bits per heavy atom. The fraction of sp³-hybridized carbons (Fsp3) is 0.316. The molecule has 0 aromatic heterocycles. The van der Waals surface area contributed by atoms with Gasteiger partial charge in [0, 0.05) is 10.5 Å². The van der Waals surface area contributed by atoms with Crippen LogP contribution in [-0.4, -0.2) is 18.6 Å². The fourth-order valence-electron chi connectivity index (χ4n) is 2.27. The molecule has 3 nitrogen and oxygen atoms in total. The molecule has 0 spiro atoms. The topological polar surface area (TPSA) is 38.3 Å². The van der Waals surface area contributed by atoms with E-state index in [2.05, 4.69) is 33.4 Å². The van der Waals surface area contributed by atoms with Crippen LogP contribution in [0, 0.1) is 6.92 Å². The third kappa shape index (κ3) is 6.06. The number of benzene rings is 2. The van der Waals surface area contributed by atoms with Gasteiger partial charge in [-0.25, -0.2) is 0 Å². The van der Waals surface area contributed by atoms with Crippen LogP contribution in [0.15, 0.2) is 53.0 Å². The highest BCUT2D eigenvalue weighted by molar-refractivity contribution is 9.10. The van der Waals surface area contributed by atoms with Crippen LogP contribution < -0.4 is 10.1 Å². The van der Waals surface area contributed by atoms with Crippen molar-refractivity contribution in [2.24, 2.45) is 0 Å². The number of amides is 1. The summed E-state index contributed by atoms with van der Waals surface area (Å²) in [5.74, 6) is 0.615. The smallest absolute Gasteiger partial charge is 0.258 e. The van der Waals surface area contributed by atoms with Gasteiger partial charge in [0.2, 0.25) is 0 Å². The SMILES string of the molecule is Cc1cc(OCC(=O)NC(C)CCc2ccccc2)ccc1Br. The Bertz CT molecular complexity index is 643. The fourth-order valence-corrected chi connectivity index (χ4v) is 2.52. The van der Waals surface area contributed by atoms with E-state index >= 15 is 0 Å². The highest BCUT2D eigenvalue weighted by atomic mass is 79.9. The molecule has 0 aliphatic heterocycles. The second-order valence-corrected chi connectivity index (χ2v) is 6.55. The molecular formula is C19H22BrNO2. The molecular weight excluding hydrogens is 354 g/mol. The summed E-state index contributed by atoms with van der Waals surface area (Å²) in [6.07, 6.45) is 1.86. The molecule has 0 aliphatic rings. The van der Waals surface area contributed by atoms with Crippen LogP contribution in [0.2, 0.25) is 0 Å². The van der Waals surface area contributed by atoms with Crippen molar-refractivity contribution in [3.8, 4) is 5.75 Å². The molecule has 1 atom stereocenters. The summed E-state index contributed by atoms with van der Waals surface area (Å²) < 4.78 is 6.57. The molecule has 0 radical (unpaired) electrons. The average Bonchev–Trinajstić information content (AvgIpc) is 2.55. The monoisotopic (exact) mass is 375 g/mol. The standard InChI is InChI=1S/C19H22BrNO2/c1-14-12-17(10-11-18(14)20)23-13-19(22)21-15(2)8-9-16-6-4-3-5-7-16/h3-7,10-12,15H,8-9,13H2,1-2H3,(H,21,22). The Labute approximate surface area is 146 Å². The Hall–Kier alpha value is -1.81. The van der Waals surface area contributed by atoms with Gasteiger partial charge >= 0.3 is 0 Å². The first-order valence-electron chi connectivity index (χ1n) is 7.77. The zero-order chi connectivity index (χ0) is 16.7. The largest absolute Gasteiger partial charge is 0.484 e. The highest BCUT2D eigenvalue weighted by Crippen LogP contribution is 2.21. The Morgan fingerprint density at radius 3 is 2.65 bits per heavy atom. The van der Waals surface area contributed by atoms with Crippen molar-refractivity contribution < 1.29 is 9.53 Å². The van der Waals surface area contributed by atoms with E-state index in [1.165, 1.54) is 5.56 Å². The molecule has 0 saturated carbocycles. The number of hydrogen-bond donors (Lipinski definition) is 1. The number of halogens is 1. The van der Waals surface area contributed by atoms with Crippen molar-refractivity contribution in [2.45, 2.75) is 32.7 Å². The second kappa shape index (κ2) is 8.73. The van der Waals surface area contributed by atoms with Gasteiger partial charge in [0.1, 0.15) is 5.75 Å². The lowest BCUT2D eigenvalue weighted by atomic mass is 10.1. The number of carbonyl (C=O) groups excluding carboxylic acids is 1. The maximum Gasteiger partial charge on any atom is 0.258 e. The molecule has 1 amide bonds. The Balaban J connectivity index is 1.72. The molecule has 0 saturated heterocycles. The van der Waals surface area contributed by atoms with E-state index in [9.17, 15) is 4.79 Å². The van der Waals surface area contributed by atoms with E-state index in [1.807, 2.05) is 50.2 Å². The molecule has 0 bridgehead atoms. The van der Waals surface area contributed by atoms with Gasteiger partial charge in [0.15, 0.2) is 6.61 Å². The number of aryl methyl sites for hydroxylation is 2. The van der Waals surface area contributed by atoms with Gasteiger partial charge in [0.25, 0.3) is 5.91 Å². The van der Waals surface area contributed by atoms with Crippen LogP contribution in [0.3, 0.4) is 0 Å². The van der Waals surface area contributed by atoms with E-state index in [4.69, 9.17) is 4.74 Å². The van der Waals surface area contributed by atoms with Crippen LogP contribution in [0.5, 0.6) is 5.75 Å². The minimum atomic E-state index is -0.0915. The first kappa shape index (κ1) is 17.5. The summed E-state index contributed by atoms with van der Waals surface area (Å²) in [6, 6.07) is 16.1. The predicted molar refractivity (Wildman–Crippen MR) is 96.7 cm³/mol. The Morgan fingerprint density at radius 1 is 1.22 bits per heavy atom. The van der Waals surface area contributed by atoms with Crippen LogP contribution >= 0.6 is 15.9 Å². The van der Waals surface area contributed by atoms with Crippen molar-refractivity contribution in [3.63, 3.8) is 0 Å². The average molecular weight is 376 g/mol. The molecule has 2 aromatic rings. The van der Waals surface area contributed by atoms with E-state index in [-0.39, 0.29) is 18.6 Å². The van der Waals surface area contributed by atoms with Crippen LogP contribution in [-0.2, 0) is 11.2 Å². The van der Waals surface area contributed by atoms with E-state index < -0.39 is 0 Å². The molecule has 23 heavy (non-hydrogen) atoms. The third-order valence-corrected chi connectivity index (χ3v) is 4.51. The van der Waals surface area contributed by atoms with E-state index in [0.717, 1.165) is 22.9 Å². The van der Waals surface area contributed by atoms with Crippen LogP contribution in [0.25, 0.3) is 0 Å². The van der Waals surface area contributed by atoms with Gasteiger partial charge in [-0.05, 0) is 56.0 Å². The number of ether oxygens (including phenoxy) is 1. The highest BCUT2D eigenvalue weighted by Gasteiger charge is 2.09. The molecule has 1 N–H and O–H groups in total. The molecule has 4 heteroatoms. The minimum Gasteiger partial charge on any atom is -0.484 e. The number of carbonyl (C=O) groups is 1. The van der Waals surface area contributed by atoms with Gasteiger partial charge in [-0.3, -0.25) is 4.79 Å². The van der Waals surface area contributed by atoms with E-state index in [1.54, 1.807) is 0 Å². The number of rotatable bonds is 7. The summed E-state index contributed by atoms with van der Waals surface area (Å²) in [6.45, 7) is 4.05. The first-order valence-corrected chi connectivity index (χ1v) is 8.56. The summed E-state index contributed by atoms with van der Waals surface area (Å²) in [7, 11) is 0. The molecule has 2 rings (SSSR count). The molecule has 0 aliphatic carbocycles. The second-order valence-electron chi connectivity index (χ2n) is 5.69. The van der Waals surface area contributed by atoms with Crippen molar-refractivity contribution >= 4 is 21.8 Å². The van der Waals surface area contributed by atoms with Crippen molar-refractivity contribution in [1.82, 2.24) is 5.32 Å². The molecule has 1 unspecified atom stereocenters. The number of hydrogen-bond acceptors (Lipinski definition) is 2. The normalized spacial score (nSPS) is 11.8. The lowest BCUT2D eigenvalue weighted by molar-refractivity contribution is -0.123. The molecule has 0 heterocycles. The summed E-state index contributed by atoms with van der Waals surface area (Å²) in [4.78, 5) is 11.9. The van der Waals surface area contributed by atoms with Crippen LogP contribution in [0.1, 0.15) is 24.5 Å². The van der Waals surface area contributed by atoms with Crippen LogP contribution in [0.4, 0.5) is 0 Å². The lowest BCUT2D eigenvalue weighted by Crippen LogP contribution is -2.36. The molecule has 122 valence electrons. The van der Waals surface area contributed by atoms with Crippen molar-refractivity contribution in [3.05, 3.63) is 64.1 Å². The Kier molecular flexibility index (Phi) is 6.66. The van der Waals surface area contributed by atoms with E-state index in [0.29, 0.717) is 5.75 Å². The van der Waals surface area contributed by atoms with Gasteiger partial charge in [-0.1, -0.05) is 46.3 Å². The van der Waals surface area contributed by atoms with Gasteiger partial charge in [-0.2, -0.15) is 0 Å². The molecule has 0 fully saturated rings. The van der Waals surface area contributed by atoms with Gasteiger partial charge in [-0.15, -0.1) is 0 Å². The first-order chi connectivity index (χ1) is 11.0. The summed E-state index contributed by atoms with van der Waals surface area (Å²) >= 11 is 3.44. The maximum absolute atomic E-state index is 11.9. The minimum absolute atomic E-state index is 0.0384. The van der Waals surface area contributed by atoms with Gasteiger partial charge < -0.3 is 10.1 Å². The maximum atomic E-state index is 11.9. The quantitative estimate of drug-likeness (QED) is 0.784. The lowest BCUT2D eigenvalue weighted by Gasteiger charge is -2.14. The predicted octanol–water partition coefficient (Wildman–Crippen LogP) is 4.27. The van der Waals surface area contributed by atoms with Gasteiger partial charge in [0.05, 0.1) is 0 Å². The number of nitrogens with one attached hydrogen (secondary N) is 1. The summed E-state index contributed by atoms with van der Waals surface area (Å²) in [5, 5.41) is 2.97.